The Morgan fingerprint density at radius 1 is 1.03 bits per heavy atom. The van der Waals surface area contributed by atoms with Crippen LogP contribution in [0.5, 0.6) is 5.75 Å². The number of fused-ring (bicyclic) bond motifs is 2. The van der Waals surface area contributed by atoms with E-state index in [1.165, 1.54) is 16.8 Å². The van der Waals surface area contributed by atoms with Crippen molar-refractivity contribution in [3.8, 4) is 5.75 Å². The lowest BCUT2D eigenvalue weighted by molar-refractivity contribution is -0.116. The number of rotatable bonds is 10. The van der Waals surface area contributed by atoms with E-state index in [1.54, 1.807) is 0 Å². The van der Waals surface area contributed by atoms with Gasteiger partial charge in [-0.05, 0) is 54.0 Å². The molecule has 0 aliphatic carbocycles. The number of aryl methyl sites for hydroxylation is 2. The molecule has 158 valence electrons. The molecule has 5 nitrogen and oxygen atoms in total. The summed E-state index contributed by atoms with van der Waals surface area (Å²) in [6, 6.07) is 22.7. The molecule has 1 heterocycles. The second kappa shape index (κ2) is 9.94. The number of carbonyl (C=O) groups excluding carboxylic acids is 1. The molecule has 1 aromatic heterocycles. The van der Waals surface area contributed by atoms with E-state index in [1.807, 2.05) is 36.4 Å². The zero-order valence-corrected chi connectivity index (χ0v) is 17.6. The predicted octanol–water partition coefficient (Wildman–Crippen LogP) is 4.89. The second-order valence-electron chi connectivity index (χ2n) is 7.48. The van der Waals surface area contributed by atoms with Crippen LogP contribution in [0.4, 0.5) is 0 Å². The molecule has 0 saturated carbocycles. The monoisotopic (exact) mass is 413 g/mol. The molecule has 0 atom stereocenters. The number of imidazole rings is 1. The van der Waals surface area contributed by atoms with Gasteiger partial charge in [0.1, 0.15) is 11.6 Å². The molecule has 0 aliphatic heterocycles. The van der Waals surface area contributed by atoms with Crippen molar-refractivity contribution in [2.24, 2.45) is 0 Å². The van der Waals surface area contributed by atoms with Crippen LogP contribution in [0.1, 0.15) is 18.7 Å². The van der Waals surface area contributed by atoms with Crippen molar-refractivity contribution in [2.45, 2.75) is 25.8 Å². The summed E-state index contributed by atoms with van der Waals surface area (Å²) < 4.78 is 8.28. The van der Waals surface area contributed by atoms with Crippen molar-refractivity contribution in [3.63, 3.8) is 0 Å². The smallest absolute Gasteiger partial charge is 0.243 e. The van der Waals surface area contributed by atoms with Crippen molar-refractivity contribution in [2.75, 3.05) is 13.2 Å². The third kappa shape index (κ3) is 5.12. The quantitative estimate of drug-likeness (QED) is 0.297. The van der Waals surface area contributed by atoms with Gasteiger partial charge >= 0.3 is 0 Å². The van der Waals surface area contributed by atoms with Gasteiger partial charge < -0.3 is 14.6 Å². The third-order valence-electron chi connectivity index (χ3n) is 5.31. The Labute approximate surface area is 182 Å². The van der Waals surface area contributed by atoms with Gasteiger partial charge in [-0.25, -0.2) is 4.98 Å². The molecule has 4 rings (SSSR count). The molecule has 0 fully saturated rings. The van der Waals surface area contributed by atoms with Crippen molar-refractivity contribution in [3.05, 3.63) is 85.2 Å². The maximum absolute atomic E-state index is 11.3. The van der Waals surface area contributed by atoms with Gasteiger partial charge in [-0.3, -0.25) is 4.79 Å². The van der Waals surface area contributed by atoms with Crippen molar-refractivity contribution in [1.82, 2.24) is 14.9 Å². The Morgan fingerprint density at radius 3 is 2.71 bits per heavy atom. The number of para-hydroxylation sites is 2. The van der Waals surface area contributed by atoms with Crippen LogP contribution in [-0.2, 0) is 17.8 Å². The average molecular weight is 414 g/mol. The summed E-state index contributed by atoms with van der Waals surface area (Å²) in [5.41, 5.74) is 2.14. The molecule has 31 heavy (non-hydrogen) atoms. The number of hydrogen-bond acceptors (Lipinski definition) is 3. The van der Waals surface area contributed by atoms with Gasteiger partial charge in [0.25, 0.3) is 0 Å². The number of benzene rings is 3. The number of aromatic nitrogens is 2. The number of nitrogens with one attached hydrogen (secondary N) is 1. The van der Waals surface area contributed by atoms with Crippen LogP contribution in [0.3, 0.4) is 0 Å². The first-order valence-electron chi connectivity index (χ1n) is 10.7. The van der Waals surface area contributed by atoms with Crippen molar-refractivity contribution in [1.29, 1.82) is 0 Å². The molecule has 0 radical (unpaired) electrons. The lowest BCUT2D eigenvalue weighted by Crippen LogP contribution is -2.22. The molecule has 1 amide bonds. The lowest BCUT2D eigenvalue weighted by atomic mass is 10.1. The van der Waals surface area contributed by atoms with Gasteiger partial charge in [-0.2, -0.15) is 0 Å². The first-order valence-corrected chi connectivity index (χ1v) is 10.7. The average Bonchev–Trinajstić information content (AvgIpc) is 3.16. The molecule has 0 bridgehead atoms. The highest BCUT2D eigenvalue weighted by molar-refractivity contribution is 5.86. The Kier molecular flexibility index (Phi) is 6.62. The van der Waals surface area contributed by atoms with Crippen LogP contribution in [-0.4, -0.2) is 28.6 Å². The number of amides is 1. The summed E-state index contributed by atoms with van der Waals surface area (Å²) in [6.07, 6.45) is 3.81. The molecule has 4 aromatic rings. The minimum absolute atomic E-state index is 0.139. The summed E-state index contributed by atoms with van der Waals surface area (Å²) in [7, 11) is 0. The highest BCUT2D eigenvalue weighted by Gasteiger charge is 2.10. The minimum atomic E-state index is -0.139. The molecular weight excluding hydrogens is 386 g/mol. The zero-order valence-electron chi connectivity index (χ0n) is 17.6. The predicted molar refractivity (Wildman–Crippen MR) is 125 cm³/mol. The van der Waals surface area contributed by atoms with Gasteiger partial charge in [0.05, 0.1) is 17.6 Å². The molecule has 1 N–H and O–H groups in total. The SMILES string of the molecule is C=CC(=O)NCCCc1nc2ccccc2n1CCCOc1ccc2ccccc2c1. The van der Waals surface area contributed by atoms with E-state index >= 15 is 0 Å². The molecule has 5 heteroatoms. The van der Waals surface area contributed by atoms with Gasteiger partial charge in [0, 0.05) is 19.5 Å². The number of nitrogens with zero attached hydrogens (tertiary/aromatic N) is 2. The topological polar surface area (TPSA) is 56.2 Å². The Hall–Kier alpha value is -3.60. The van der Waals surface area contributed by atoms with Crippen molar-refractivity contribution < 1.29 is 9.53 Å². The van der Waals surface area contributed by atoms with Crippen LogP contribution in [0, 0.1) is 0 Å². The van der Waals surface area contributed by atoms with Gasteiger partial charge in [-0.1, -0.05) is 49.0 Å². The standard InChI is InChI=1S/C26H27N3O2/c1-2-26(30)27-16-7-13-25-28-23-11-5-6-12-24(23)29(25)17-8-18-31-22-15-14-20-9-3-4-10-21(20)19-22/h2-6,9-12,14-15,19H,1,7-8,13,16-18H2,(H,27,30). The number of hydrogen-bond donors (Lipinski definition) is 1. The Balaban J connectivity index is 1.37. The normalized spacial score (nSPS) is 11.0. The van der Waals surface area contributed by atoms with E-state index in [2.05, 4.69) is 46.8 Å². The fourth-order valence-corrected chi connectivity index (χ4v) is 3.77. The molecule has 0 spiro atoms. The van der Waals surface area contributed by atoms with Crippen LogP contribution in [0.2, 0.25) is 0 Å². The third-order valence-corrected chi connectivity index (χ3v) is 5.31. The van der Waals surface area contributed by atoms with E-state index in [0.717, 1.165) is 48.4 Å². The summed E-state index contributed by atoms with van der Waals surface area (Å²) in [5, 5.41) is 5.23. The van der Waals surface area contributed by atoms with E-state index in [9.17, 15) is 4.79 Å². The molecule has 0 unspecified atom stereocenters. The second-order valence-corrected chi connectivity index (χ2v) is 7.48. The first-order chi connectivity index (χ1) is 15.2. The van der Waals surface area contributed by atoms with Gasteiger partial charge in [0.2, 0.25) is 5.91 Å². The summed E-state index contributed by atoms with van der Waals surface area (Å²) in [5.74, 6) is 1.80. The molecule has 0 aliphatic rings. The summed E-state index contributed by atoms with van der Waals surface area (Å²) in [6.45, 7) is 5.56. The van der Waals surface area contributed by atoms with Crippen molar-refractivity contribution >= 4 is 27.7 Å². The van der Waals surface area contributed by atoms with E-state index in [-0.39, 0.29) is 5.91 Å². The van der Waals surface area contributed by atoms with Gasteiger partial charge in [-0.15, -0.1) is 0 Å². The molecule has 0 saturated heterocycles. The molecular formula is C26H27N3O2. The largest absolute Gasteiger partial charge is 0.494 e. The lowest BCUT2D eigenvalue weighted by Gasteiger charge is -2.11. The van der Waals surface area contributed by atoms with Crippen LogP contribution >= 0.6 is 0 Å². The highest BCUT2D eigenvalue weighted by Crippen LogP contribution is 2.21. The fourth-order valence-electron chi connectivity index (χ4n) is 3.77. The highest BCUT2D eigenvalue weighted by atomic mass is 16.5. The minimum Gasteiger partial charge on any atom is -0.494 e. The Bertz CT molecular complexity index is 1200. The van der Waals surface area contributed by atoms with Crippen LogP contribution < -0.4 is 10.1 Å². The van der Waals surface area contributed by atoms with E-state index in [4.69, 9.17) is 9.72 Å². The number of ether oxygens (including phenoxy) is 1. The number of carbonyl (C=O) groups is 1. The molecule has 3 aromatic carbocycles. The zero-order chi connectivity index (χ0) is 21.5. The maximum atomic E-state index is 11.3. The van der Waals surface area contributed by atoms with E-state index in [0.29, 0.717) is 13.2 Å². The van der Waals surface area contributed by atoms with Crippen LogP contribution in [0.15, 0.2) is 79.4 Å². The van der Waals surface area contributed by atoms with E-state index < -0.39 is 0 Å². The summed E-state index contributed by atoms with van der Waals surface area (Å²) >= 11 is 0. The first kappa shape index (κ1) is 20.7. The van der Waals surface area contributed by atoms with Gasteiger partial charge in [0.15, 0.2) is 0 Å². The fraction of sp³-hybridized carbons (Fsp3) is 0.231. The van der Waals surface area contributed by atoms with Crippen LogP contribution in [0.25, 0.3) is 21.8 Å². The maximum Gasteiger partial charge on any atom is 0.243 e. The Morgan fingerprint density at radius 2 is 1.84 bits per heavy atom. The summed E-state index contributed by atoms with van der Waals surface area (Å²) in [4.78, 5) is 16.1.